The Morgan fingerprint density at radius 3 is 2.46 bits per heavy atom. The first-order chi connectivity index (χ1) is 12.7. The summed E-state index contributed by atoms with van der Waals surface area (Å²) in [5, 5.41) is 9.38. The predicted molar refractivity (Wildman–Crippen MR) is 103 cm³/mol. The highest BCUT2D eigenvalue weighted by atomic mass is 32.1. The third-order valence-electron chi connectivity index (χ3n) is 4.15. The van der Waals surface area contributed by atoms with E-state index >= 15 is 0 Å². The first-order valence-corrected chi connectivity index (χ1v) is 8.37. The van der Waals surface area contributed by atoms with Crippen LogP contribution < -0.4 is 9.47 Å². The molecule has 6 nitrogen and oxygen atoms in total. The Morgan fingerprint density at radius 2 is 1.73 bits per heavy atom. The van der Waals surface area contributed by atoms with Gasteiger partial charge in [0, 0.05) is 29.8 Å². The Balaban J connectivity index is 1.99. The molecule has 0 radical (unpaired) electrons. The molecule has 0 aliphatic carbocycles. The van der Waals surface area contributed by atoms with Gasteiger partial charge in [-0.3, -0.25) is 14.6 Å². The summed E-state index contributed by atoms with van der Waals surface area (Å²) in [5.41, 5.74) is 1.53. The van der Waals surface area contributed by atoms with Gasteiger partial charge in [-0.25, -0.2) is 0 Å². The quantitative estimate of drug-likeness (QED) is 0.551. The molecule has 0 aliphatic heterocycles. The summed E-state index contributed by atoms with van der Waals surface area (Å²) in [7, 11) is 3.22. The highest BCUT2D eigenvalue weighted by molar-refractivity contribution is 7.71. The van der Waals surface area contributed by atoms with Crippen LogP contribution in [0.25, 0.3) is 28.0 Å². The second kappa shape index (κ2) is 6.61. The van der Waals surface area contributed by atoms with Crippen LogP contribution in [0.4, 0.5) is 0 Å². The average Bonchev–Trinajstić information content (AvgIpc) is 3.08. The molecule has 0 spiro atoms. The summed E-state index contributed by atoms with van der Waals surface area (Å²) in [6.45, 7) is 0. The molecule has 0 unspecified atom stereocenters. The van der Waals surface area contributed by atoms with Crippen molar-refractivity contribution >= 4 is 23.0 Å². The van der Waals surface area contributed by atoms with Crippen molar-refractivity contribution in [2.24, 2.45) is 0 Å². The second-order valence-corrected chi connectivity index (χ2v) is 6.03. The summed E-state index contributed by atoms with van der Waals surface area (Å²) >= 11 is 5.47. The maximum Gasteiger partial charge on any atom is 0.200 e. The van der Waals surface area contributed by atoms with E-state index in [9.17, 15) is 0 Å². The number of aromatic amines is 1. The predicted octanol–water partition coefficient (Wildman–Crippen LogP) is 4.16. The minimum atomic E-state index is 0.463. The Morgan fingerprint density at radius 1 is 1.00 bits per heavy atom. The van der Waals surface area contributed by atoms with Gasteiger partial charge in [0.25, 0.3) is 0 Å². The van der Waals surface area contributed by atoms with Crippen LogP contribution in [0.5, 0.6) is 11.5 Å². The molecule has 2 aromatic heterocycles. The number of methoxy groups -OCH3 is 2. The number of hydrogen-bond donors (Lipinski definition) is 1. The van der Waals surface area contributed by atoms with Crippen LogP contribution >= 0.6 is 12.2 Å². The molecule has 0 saturated heterocycles. The van der Waals surface area contributed by atoms with Crippen LogP contribution in [-0.2, 0) is 0 Å². The van der Waals surface area contributed by atoms with Crippen molar-refractivity contribution in [1.29, 1.82) is 0 Å². The number of nitrogens with one attached hydrogen (secondary N) is 1. The molecule has 0 atom stereocenters. The molecule has 2 aromatic carbocycles. The number of aromatic nitrogens is 4. The Labute approximate surface area is 155 Å². The summed E-state index contributed by atoms with van der Waals surface area (Å²) < 4.78 is 13.0. The average molecular weight is 364 g/mol. The number of pyridine rings is 1. The minimum absolute atomic E-state index is 0.463. The Hall–Kier alpha value is -3.19. The van der Waals surface area contributed by atoms with Crippen molar-refractivity contribution < 1.29 is 9.47 Å². The van der Waals surface area contributed by atoms with Crippen molar-refractivity contribution in [3.8, 4) is 28.7 Å². The van der Waals surface area contributed by atoms with E-state index in [0.29, 0.717) is 22.1 Å². The molecule has 0 aliphatic rings. The van der Waals surface area contributed by atoms with Gasteiger partial charge in [0.2, 0.25) is 0 Å². The number of fused-ring (bicyclic) bond motifs is 1. The molecular formula is C19H16N4O2S. The summed E-state index contributed by atoms with van der Waals surface area (Å²) in [6, 6.07) is 15.6. The van der Waals surface area contributed by atoms with Crippen LogP contribution in [0.2, 0.25) is 0 Å². The van der Waals surface area contributed by atoms with Gasteiger partial charge in [-0.15, -0.1) is 0 Å². The highest BCUT2D eigenvalue weighted by Crippen LogP contribution is 2.30. The zero-order valence-corrected chi connectivity index (χ0v) is 15.1. The fourth-order valence-corrected chi connectivity index (χ4v) is 3.15. The topological polar surface area (TPSA) is 65.0 Å². The lowest BCUT2D eigenvalue weighted by Crippen LogP contribution is -2.01. The van der Waals surface area contributed by atoms with E-state index in [1.165, 1.54) is 0 Å². The van der Waals surface area contributed by atoms with E-state index in [4.69, 9.17) is 21.7 Å². The lowest BCUT2D eigenvalue weighted by Gasteiger charge is -2.11. The van der Waals surface area contributed by atoms with Crippen molar-refractivity contribution in [3.05, 3.63) is 59.5 Å². The molecule has 7 heteroatoms. The molecule has 2 heterocycles. The standard InChI is InChI=1S/C19H16N4O2S/c1-24-14-9-13(10-15(11-14)25-2)23-18(21-22-19(23)26)17-16-6-4-3-5-12(16)7-8-20-17/h3-11H,1-2H3,(H,22,26). The van der Waals surface area contributed by atoms with E-state index < -0.39 is 0 Å². The largest absolute Gasteiger partial charge is 0.497 e. The summed E-state index contributed by atoms with van der Waals surface area (Å²) in [4.78, 5) is 4.55. The van der Waals surface area contributed by atoms with Gasteiger partial charge in [0.15, 0.2) is 10.6 Å². The molecule has 4 rings (SSSR count). The van der Waals surface area contributed by atoms with E-state index in [1.807, 2.05) is 53.1 Å². The Kier molecular flexibility index (Phi) is 4.14. The minimum Gasteiger partial charge on any atom is -0.497 e. The molecule has 0 amide bonds. The molecule has 130 valence electrons. The summed E-state index contributed by atoms with van der Waals surface area (Å²) in [5.74, 6) is 1.96. The van der Waals surface area contributed by atoms with E-state index in [-0.39, 0.29) is 0 Å². The van der Waals surface area contributed by atoms with Crippen molar-refractivity contribution in [2.75, 3.05) is 14.2 Å². The summed E-state index contributed by atoms with van der Waals surface area (Å²) in [6.07, 6.45) is 1.77. The maximum atomic E-state index is 5.47. The van der Waals surface area contributed by atoms with Gasteiger partial charge < -0.3 is 9.47 Å². The SMILES string of the molecule is COc1cc(OC)cc(-n2c(-c3nccc4ccccc34)n[nH]c2=S)c1. The maximum absolute atomic E-state index is 5.47. The zero-order chi connectivity index (χ0) is 18.1. The van der Waals surface area contributed by atoms with Gasteiger partial charge in [0.1, 0.15) is 17.2 Å². The molecule has 0 saturated carbocycles. The first kappa shape index (κ1) is 16.3. The third-order valence-corrected chi connectivity index (χ3v) is 4.43. The number of benzene rings is 2. The lowest BCUT2D eigenvalue weighted by molar-refractivity contribution is 0.394. The zero-order valence-electron chi connectivity index (χ0n) is 14.3. The van der Waals surface area contributed by atoms with E-state index in [1.54, 1.807) is 20.4 Å². The van der Waals surface area contributed by atoms with Crippen LogP contribution in [0.3, 0.4) is 0 Å². The lowest BCUT2D eigenvalue weighted by atomic mass is 10.1. The van der Waals surface area contributed by atoms with Crippen molar-refractivity contribution in [1.82, 2.24) is 19.7 Å². The van der Waals surface area contributed by atoms with Crippen LogP contribution in [0.15, 0.2) is 54.7 Å². The van der Waals surface area contributed by atoms with Crippen LogP contribution in [0, 0.1) is 4.77 Å². The fourth-order valence-electron chi connectivity index (χ4n) is 2.91. The number of rotatable bonds is 4. The monoisotopic (exact) mass is 364 g/mol. The molecule has 0 fully saturated rings. The van der Waals surface area contributed by atoms with Gasteiger partial charge >= 0.3 is 0 Å². The van der Waals surface area contributed by atoms with Gasteiger partial charge in [-0.2, -0.15) is 5.10 Å². The molecule has 26 heavy (non-hydrogen) atoms. The van der Waals surface area contributed by atoms with Gasteiger partial charge in [-0.1, -0.05) is 24.3 Å². The Bertz CT molecular complexity index is 1120. The molecule has 1 N–H and O–H groups in total. The second-order valence-electron chi connectivity index (χ2n) is 5.64. The van der Waals surface area contributed by atoms with E-state index in [0.717, 1.165) is 22.2 Å². The van der Waals surface area contributed by atoms with Crippen molar-refractivity contribution in [3.63, 3.8) is 0 Å². The van der Waals surface area contributed by atoms with Crippen LogP contribution in [0.1, 0.15) is 0 Å². The molecular weight excluding hydrogens is 348 g/mol. The molecule has 4 aromatic rings. The first-order valence-electron chi connectivity index (χ1n) is 7.96. The van der Waals surface area contributed by atoms with Crippen LogP contribution in [-0.4, -0.2) is 34.0 Å². The van der Waals surface area contributed by atoms with Gasteiger partial charge in [-0.05, 0) is 23.7 Å². The fraction of sp³-hybridized carbons (Fsp3) is 0.105. The number of nitrogens with zero attached hydrogens (tertiary/aromatic N) is 3. The van der Waals surface area contributed by atoms with Gasteiger partial charge in [0.05, 0.1) is 19.9 Å². The van der Waals surface area contributed by atoms with Crippen molar-refractivity contribution in [2.45, 2.75) is 0 Å². The number of H-pyrrole nitrogens is 1. The number of ether oxygens (including phenoxy) is 2. The smallest absolute Gasteiger partial charge is 0.200 e. The third kappa shape index (κ3) is 2.72. The molecule has 0 bridgehead atoms. The highest BCUT2D eigenvalue weighted by Gasteiger charge is 2.16. The van der Waals surface area contributed by atoms with E-state index in [2.05, 4.69) is 15.2 Å². The normalized spacial score (nSPS) is 10.8. The number of hydrogen-bond acceptors (Lipinski definition) is 5.